The highest BCUT2D eigenvalue weighted by Gasteiger charge is 2.19. The molecule has 2 heterocycles. The predicted molar refractivity (Wildman–Crippen MR) is 87.8 cm³/mol. The zero-order valence-electron chi connectivity index (χ0n) is 12.8. The molecular formula is C15H22N4OS. The van der Waals surface area contributed by atoms with Crippen molar-refractivity contribution in [1.29, 1.82) is 0 Å². The second-order valence-electron chi connectivity index (χ2n) is 5.25. The molecule has 0 fully saturated rings. The molecule has 0 saturated heterocycles. The fourth-order valence-electron chi connectivity index (χ4n) is 2.24. The van der Waals surface area contributed by atoms with Crippen LogP contribution in [-0.4, -0.2) is 22.6 Å². The monoisotopic (exact) mass is 306 g/mol. The maximum atomic E-state index is 12.2. The van der Waals surface area contributed by atoms with Gasteiger partial charge >= 0.3 is 0 Å². The summed E-state index contributed by atoms with van der Waals surface area (Å²) in [6.07, 6.45) is 4.54. The van der Waals surface area contributed by atoms with E-state index in [1.807, 2.05) is 13.8 Å². The summed E-state index contributed by atoms with van der Waals surface area (Å²) in [4.78, 5) is 13.5. The number of aryl methyl sites for hydroxylation is 2. The van der Waals surface area contributed by atoms with Gasteiger partial charge in [0.15, 0.2) is 0 Å². The molecule has 0 spiro atoms. The lowest BCUT2D eigenvalue weighted by Gasteiger charge is -2.04. The van der Waals surface area contributed by atoms with Crippen LogP contribution in [0.1, 0.15) is 53.5 Å². The van der Waals surface area contributed by atoms with Crippen molar-refractivity contribution in [2.75, 3.05) is 12.3 Å². The number of carbonyl (C=O) groups is 1. The van der Waals surface area contributed by atoms with Crippen LogP contribution in [0.3, 0.4) is 0 Å². The Morgan fingerprint density at radius 3 is 2.71 bits per heavy atom. The van der Waals surface area contributed by atoms with Gasteiger partial charge < -0.3 is 11.1 Å². The molecule has 0 aromatic carbocycles. The largest absolute Gasteiger partial charge is 0.397 e. The van der Waals surface area contributed by atoms with Crippen molar-refractivity contribution in [3.05, 3.63) is 16.1 Å². The SMILES string of the molecule is CCCCCCNC(=O)c1sc2nnc(C)c(C)c2c1N. The first-order valence-electron chi connectivity index (χ1n) is 7.36. The highest BCUT2D eigenvalue weighted by molar-refractivity contribution is 7.21. The first-order valence-corrected chi connectivity index (χ1v) is 8.18. The van der Waals surface area contributed by atoms with Crippen LogP contribution in [0, 0.1) is 13.8 Å². The minimum absolute atomic E-state index is 0.107. The molecule has 0 aliphatic carbocycles. The fourth-order valence-corrected chi connectivity index (χ4v) is 3.26. The number of rotatable bonds is 6. The van der Waals surface area contributed by atoms with Gasteiger partial charge in [0.1, 0.15) is 9.71 Å². The number of fused-ring (bicyclic) bond motifs is 1. The molecule has 0 bridgehead atoms. The summed E-state index contributed by atoms with van der Waals surface area (Å²) < 4.78 is 0. The molecule has 3 N–H and O–H groups in total. The molecule has 21 heavy (non-hydrogen) atoms. The Hall–Kier alpha value is -1.69. The van der Waals surface area contributed by atoms with Gasteiger partial charge in [-0.3, -0.25) is 4.79 Å². The van der Waals surface area contributed by atoms with Crippen LogP contribution in [-0.2, 0) is 0 Å². The number of carbonyl (C=O) groups excluding carboxylic acids is 1. The molecule has 2 rings (SSSR count). The van der Waals surface area contributed by atoms with E-state index in [1.54, 1.807) is 0 Å². The van der Waals surface area contributed by atoms with Crippen molar-refractivity contribution in [1.82, 2.24) is 15.5 Å². The first kappa shape index (κ1) is 15.7. The van der Waals surface area contributed by atoms with E-state index in [-0.39, 0.29) is 5.91 Å². The molecule has 0 atom stereocenters. The van der Waals surface area contributed by atoms with E-state index < -0.39 is 0 Å². The van der Waals surface area contributed by atoms with Crippen molar-refractivity contribution in [3.8, 4) is 0 Å². The van der Waals surface area contributed by atoms with Gasteiger partial charge in [0.25, 0.3) is 5.91 Å². The topological polar surface area (TPSA) is 80.9 Å². The lowest BCUT2D eigenvalue weighted by Crippen LogP contribution is -2.24. The zero-order chi connectivity index (χ0) is 15.4. The van der Waals surface area contributed by atoms with Crippen LogP contribution in [0.25, 0.3) is 10.2 Å². The van der Waals surface area contributed by atoms with E-state index in [1.165, 1.54) is 24.2 Å². The van der Waals surface area contributed by atoms with E-state index in [2.05, 4.69) is 22.4 Å². The molecule has 2 aromatic heterocycles. The van der Waals surface area contributed by atoms with Crippen LogP contribution in [0.4, 0.5) is 5.69 Å². The molecule has 2 aromatic rings. The number of hydrogen-bond acceptors (Lipinski definition) is 5. The Kier molecular flexibility index (Phi) is 5.12. The second kappa shape index (κ2) is 6.85. The Balaban J connectivity index is 2.13. The van der Waals surface area contributed by atoms with Gasteiger partial charge in [0, 0.05) is 11.9 Å². The van der Waals surface area contributed by atoms with E-state index in [0.29, 0.717) is 17.1 Å². The number of nitrogen functional groups attached to an aromatic ring is 1. The summed E-state index contributed by atoms with van der Waals surface area (Å²) in [5.41, 5.74) is 8.51. The van der Waals surface area contributed by atoms with E-state index >= 15 is 0 Å². The van der Waals surface area contributed by atoms with Crippen molar-refractivity contribution in [2.45, 2.75) is 46.5 Å². The van der Waals surface area contributed by atoms with Crippen LogP contribution in [0.5, 0.6) is 0 Å². The summed E-state index contributed by atoms with van der Waals surface area (Å²) in [5, 5.41) is 12.0. The number of unbranched alkanes of at least 4 members (excludes halogenated alkanes) is 3. The quantitative estimate of drug-likeness (QED) is 0.803. The maximum absolute atomic E-state index is 12.2. The third-order valence-electron chi connectivity index (χ3n) is 3.66. The van der Waals surface area contributed by atoms with Gasteiger partial charge in [-0.05, 0) is 25.8 Å². The average Bonchev–Trinajstić information content (AvgIpc) is 2.80. The highest BCUT2D eigenvalue weighted by Crippen LogP contribution is 2.34. The highest BCUT2D eigenvalue weighted by atomic mass is 32.1. The number of hydrogen-bond donors (Lipinski definition) is 2. The average molecular weight is 306 g/mol. The smallest absolute Gasteiger partial charge is 0.263 e. The zero-order valence-corrected chi connectivity index (χ0v) is 13.6. The van der Waals surface area contributed by atoms with E-state index in [4.69, 9.17) is 5.73 Å². The Morgan fingerprint density at radius 1 is 1.24 bits per heavy atom. The summed E-state index contributed by atoms with van der Waals surface area (Å²) in [6.45, 7) is 6.71. The Morgan fingerprint density at radius 2 is 2.00 bits per heavy atom. The summed E-state index contributed by atoms with van der Waals surface area (Å²) in [6, 6.07) is 0. The second-order valence-corrected chi connectivity index (χ2v) is 6.25. The summed E-state index contributed by atoms with van der Waals surface area (Å²) >= 11 is 1.31. The van der Waals surface area contributed by atoms with Crippen LogP contribution < -0.4 is 11.1 Å². The Bertz CT molecular complexity index is 651. The van der Waals surface area contributed by atoms with E-state index in [0.717, 1.165) is 34.3 Å². The van der Waals surface area contributed by atoms with Crippen LogP contribution in [0.2, 0.25) is 0 Å². The number of aromatic nitrogens is 2. The molecule has 0 saturated carbocycles. The normalized spacial score (nSPS) is 11.0. The Labute approximate surface area is 128 Å². The lowest BCUT2D eigenvalue weighted by atomic mass is 10.1. The third-order valence-corrected chi connectivity index (χ3v) is 4.75. The van der Waals surface area contributed by atoms with Crippen molar-refractivity contribution >= 4 is 33.1 Å². The molecule has 0 aliphatic rings. The summed E-state index contributed by atoms with van der Waals surface area (Å²) in [5.74, 6) is -0.107. The molecular weight excluding hydrogens is 284 g/mol. The molecule has 1 amide bonds. The fraction of sp³-hybridized carbons (Fsp3) is 0.533. The van der Waals surface area contributed by atoms with Gasteiger partial charge in [-0.15, -0.1) is 16.4 Å². The predicted octanol–water partition coefficient (Wildman–Crippen LogP) is 3.20. The van der Waals surface area contributed by atoms with Gasteiger partial charge in [-0.25, -0.2) is 0 Å². The minimum atomic E-state index is -0.107. The first-order chi connectivity index (χ1) is 10.1. The van der Waals surface area contributed by atoms with Crippen LogP contribution >= 0.6 is 11.3 Å². The van der Waals surface area contributed by atoms with Crippen molar-refractivity contribution in [3.63, 3.8) is 0 Å². The van der Waals surface area contributed by atoms with Gasteiger partial charge in [0.2, 0.25) is 0 Å². The van der Waals surface area contributed by atoms with Crippen molar-refractivity contribution < 1.29 is 4.79 Å². The number of nitrogens with two attached hydrogens (primary N) is 1. The molecule has 6 heteroatoms. The van der Waals surface area contributed by atoms with Crippen molar-refractivity contribution in [2.24, 2.45) is 0 Å². The van der Waals surface area contributed by atoms with Gasteiger partial charge in [-0.1, -0.05) is 26.2 Å². The third kappa shape index (κ3) is 3.32. The van der Waals surface area contributed by atoms with Gasteiger partial charge in [-0.2, -0.15) is 5.10 Å². The molecule has 114 valence electrons. The molecule has 0 radical (unpaired) electrons. The number of anilines is 1. The number of thiophene rings is 1. The maximum Gasteiger partial charge on any atom is 0.263 e. The van der Waals surface area contributed by atoms with E-state index in [9.17, 15) is 4.79 Å². The van der Waals surface area contributed by atoms with Gasteiger partial charge in [0.05, 0.1) is 11.4 Å². The van der Waals surface area contributed by atoms with Crippen LogP contribution in [0.15, 0.2) is 0 Å². The molecule has 0 aliphatic heterocycles. The number of amides is 1. The number of nitrogens with zero attached hydrogens (tertiary/aromatic N) is 2. The summed E-state index contributed by atoms with van der Waals surface area (Å²) in [7, 11) is 0. The molecule has 0 unspecified atom stereocenters. The minimum Gasteiger partial charge on any atom is -0.397 e. The lowest BCUT2D eigenvalue weighted by molar-refractivity contribution is 0.0958. The molecule has 5 nitrogen and oxygen atoms in total. The number of nitrogens with one attached hydrogen (secondary N) is 1. The standard InChI is InChI=1S/C15H22N4OS/c1-4-5-6-7-8-17-14(20)13-12(16)11-9(2)10(3)18-19-15(11)21-13/h4-8,16H2,1-3H3,(H,17,20).